The van der Waals surface area contributed by atoms with E-state index in [0.717, 1.165) is 17.0 Å². The maximum Gasteiger partial charge on any atom is 0.0834 e. The molecule has 1 aromatic carbocycles. The van der Waals surface area contributed by atoms with Crippen molar-refractivity contribution in [3.05, 3.63) is 34.3 Å². The van der Waals surface area contributed by atoms with Crippen molar-refractivity contribution < 1.29 is 5.11 Å². The van der Waals surface area contributed by atoms with Gasteiger partial charge in [-0.1, -0.05) is 44.9 Å². The average Bonchev–Trinajstić information content (AvgIpc) is 2.48. The number of aliphatic hydroxyl groups excluding tert-OH is 1. The van der Waals surface area contributed by atoms with Crippen LogP contribution >= 0.6 is 11.6 Å². The first-order valence-corrected chi connectivity index (χ1v) is 7.22. The molecule has 3 rings (SSSR count). The van der Waals surface area contributed by atoms with E-state index in [-0.39, 0.29) is 16.9 Å². The molecule has 0 saturated heterocycles. The van der Waals surface area contributed by atoms with Crippen LogP contribution in [0.3, 0.4) is 0 Å². The summed E-state index contributed by atoms with van der Waals surface area (Å²) in [4.78, 5) is 0. The van der Waals surface area contributed by atoms with Crippen molar-refractivity contribution in [3.63, 3.8) is 0 Å². The van der Waals surface area contributed by atoms with Crippen LogP contribution in [0.2, 0.25) is 5.02 Å². The van der Waals surface area contributed by atoms with Gasteiger partial charge in [-0.15, -0.1) is 0 Å². The Hall–Kier alpha value is -0.530. The molecular weight excluding hydrogens is 244 g/mol. The molecule has 0 amide bonds. The number of benzene rings is 1. The van der Waals surface area contributed by atoms with E-state index in [1.165, 1.54) is 18.4 Å². The zero-order valence-corrected chi connectivity index (χ0v) is 12.1. The summed E-state index contributed by atoms with van der Waals surface area (Å²) in [5, 5.41) is 11.5. The van der Waals surface area contributed by atoms with Crippen LogP contribution in [0.4, 0.5) is 0 Å². The van der Waals surface area contributed by atoms with Gasteiger partial charge in [0.05, 0.1) is 6.10 Å². The molecular formula is C16H21ClO. The summed E-state index contributed by atoms with van der Waals surface area (Å²) in [6.07, 6.45) is 3.26. The van der Waals surface area contributed by atoms with Gasteiger partial charge < -0.3 is 5.11 Å². The predicted molar refractivity (Wildman–Crippen MR) is 74.9 cm³/mol. The van der Waals surface area contributed by atoms with Gasteiger partial charge in [0.25, 0.3) is 0 Å². The molecule has 0 bridgehead atoms. The van der Waals surface area contributed by atoms with Crippen molar-refractivity contribution in [1.29, 1.82) is 0 Å². The lowest BCUT2D eigenvalue weighted by atomic mass is 9.56. The largest absolute Gasteiger partial charge is 0.388 e. The molecule has 0 unspecified atom stereocenters. The Kier molecular flexibility index (Phi) is 2.60. The van der Waals surface area contributed by atoms with Crippen LogP contribution in [-0.2, 0) is 5.41 Å². The number of halogens is 1. The molecule has 0 radical (unpaired) electrons. The van der Waals surface area contributed by atoms with Crippen LogP contribution in [0.25, 0.3) is 0 Å². The lowest BCUT2D eigenvalue weighted by molar-refractivity contribution is -0.0272. The highest BCUT2D eigenvalue weighted by Crippen LogP contribution is 2.62. The smallest absolute Gasteiger partial charge is 0.0834 e. The zero-order valence-electron chi connectivity index (χ0n) is 11.3. The topological polar surface area (TPSA) is 20.2 Å². The fourth-order valence-electron chi connectivity index (χ4n) is 4.62. The second kappa shape index (κ2) is 3.74. The van der Waals surface area contributed by atoms with Gasteiger partial charge in [0.15, 0.2) is 0 Å². The van der Waals surface area contributed by atoms with Crippen molar-refractivity contribution in [1.82, 2.24) is 0 Å². The van der Waals surface area contributed by atoms with Gasteiger partial charge in [0.1, 0.15) is 0 Å². The molecule has 2 heteroatoms. The minimum absolute atomic E-state index is 0.0847. The van der Waals surface area contributed by atoms with Gasteiger partial charge in [0, 0.05) is 10.9 Å². The third kappa shape index (κ3) is 1.50. The van der Waals surface area contributed by atoms with Gasteiger partial charge in [-0.2, -0.15) is 0 Å². The standard InChI is InChI=1S/C16H21ClO/c1-15(2)7-4-8-16(3)12-9-10(17)5-6-11(12)13(18)14(15)16/h5-6,9,13-14,18H,4,7-8H2,1-3H3/t13-,14-,16-/m0/s1. The molecule has 0 aliphatic heterocycles. The maximum atomic E-state index is 10.7. The van der Waals surface area contributed by atoms with E-state index in [4.69, 9.17) is 11.6 Å². The minimum Gasteiger partial charge on any atom is -0.388 e. The molecule has 1 fully saturated rings. The number of rotatable bonds is 0. The van der Waals surface area contributed by atoms with E-state index in [0.29, 0.717) is 5.92 Å². The summed E-state index contributed by atoms with van der Waals surface area (Å²) in [7, 11) is 0. The van der Waals surface area contributed by atoms with E-state index in [9.17, 15) is 5.11 Å². The normalized spacial score (nSPS) is 37.2. The summed E-state index contributed by atoms with van der Waals surface area (Å²) < 4.78 is 0. The van der Waals surface area contributed by atoms with Crippen molar-refractivity contribution >= 4 is 11.6 Å². The first-order valence-electron chi connectivity index (χ1n) is 6.84. The fraction of sp³-hybridized carbons (Fsp3) is 0.625. The second-order valence-electron chi connectivity index (χ2n) is 6.91. The van der Waals surface area contributed by atoms with Crippen LogP contribution in [0.1, 0.15) is 57.3 Å². The molecule has 2 aliphatic carbocycles. The highest BCUT2D eigenvalue weighted by atomic mass is 35.5. The van der Waals surface area contributed by atoms with Crippen molar-refractivity contribution in [3.8, 4) is 0 Å². The Morgan fingerprint density at radius 3 is 2.67 bits per heavy atom. The lowest BCUT2D eigenvalue weighted by Gasteiger charge is -2.48. The second-order valence-corrected chi connectivity index (χ2v) is 7.35. The number of aliphatic hydroxyl groups is 1. The highest BCUT2D eigenvalue weighted by Gasteiger charge is 2.56. The molecule has 1 aromatic rings. The van der Waals surface area contributed by atoms with E-state index in [1.54, 1.807) is 0 Å². The van der Waals surface area contributed by atoms with Crippen LogP contribution in [-0.4, -0.2) is 5.11 Å². The third-order valence-corrected chi connectivity index (χ3v) is 5.55. The monoisotopic (exact) mass is 264 g/mol. The molecule has 2 aliphatic rings. The maximum absolute atomic E-state index is 10.7. The van der Waals surface area contributed by atoms with Gasteiger partial charge >= 0.3 is 0 Å². The lowest BCUT2D eigenvalue weighted by Crippen LogP contribution is -2.43. The van der Waals surface area contributed by atoms with Crippen LogP contribution in [0.5, 0.6) is 0 Å². The van der Waals surface area contributed by atoms with E-state index >= 15 is 0 Å². The minimum atomic E-state index is -0.336. The quantitative estimate of drug-likeness (QED) is 0.733. The van der Waals surface area contributed by atoms with Gasteiger partial charge in [-0.05, 0) is 46.9 Å². The molecule has 1 N–H and O–H groups in total. The van der Waals surface area contributed by atoms with E-state index in [1.807, 2.05) is 12.1 Å². The number of hydrogen-bond donors (Lipinski definition) is 1. The van der Waals surface area contributed by atoms with Gasteiger partial charge in [-0.3, -0.25) is 0 Å². The summed E-state index contributed by atoms with van der Waals surface area (Å²) >= 11 is 6.15. The van der Waals surface area contributed by atoms with Crippen molar-refractivity contribution in [2.75, 3.05) is 0 Å². The fourth-order valence-corrected chi connectivity index (χ4v) is 4.80. The summed E-state index contributed by atoms with van der Waals surface area (Å²) in [6, 6.07) is 5.99. The first-order chi connectivity index (χ1) is 8.36. The van der Waals surface area contributed by atoms with E-state index in [2.05, 4.69) is 26.8 Å². The highest BCUT2D eigenvalue weighted by molar-refractivity contribution is 6.30. The van der Waals surface area contributed by atoms with E-state index < -0.39 is 0 Å². The van der Waals surface area contributed by atoms with Gasteiger partial charge in [0.2, 0.25) is 0 Å². The van der Waals surface area contributed by atoms with Crippen molar-refractivity contribution in [2.24, 2.45) is 11.3 Å². The Labute approximate surface area is 114 Å². The molecule has 3 atom stereocenters. The molecule has 0 spiro atoms. The Morgan fingerprint density at radius 1 is 1.22 bits per heavy atom. The number of hydrogen-bond acceptors (Lipinski definition) is 1. The Morgan fingerprint density at radius 2 is 1.94 bits per heavy atom. The molecule has 0 aromatic heterocycles. The molecule has 98 valence electrons. The first kappa shape index (κ1) is 12.5. The molecule has 18 heavy (non-hydrogen) atoms. The van der Waals surface area contributed by atoms with Gasteiger partial charge in [-0.25, -0.2) is 0 Å². The van der Waals surface area contributed by atoms with Crippen LogP contribution in [0, 0.1) is 11.3 Å². The van der Waals surface area contributed by atoms with Crippen LogP contribution < -0.4 is 0 Å². The molecule has 0 heterocycles. The number of fused-ring (bicyclic) bond motifs is 3. The predicted octanol–water partition coefficient (Wildman–Crippen LogP) is 4.47. The molecule has 1 nitrogen and oxygen atoms in total. The summed E-state index contributed by atoms with van der Waals surface area (Å²) in [6.45, 7) is 6.90. The SMILES string of the molecule is CC1(C)CCC[C@@]2(C)c3cc(Cl)ccc3[C@H](O)[C@@H]12. The summed E-state index contributed by atoms with van der Waals surface area (Å²) in [5.74, 6) is 0.312. The third-order valence-electron chi connectivity index (χ3n) is 5.31. The van der Waals surface area contributed by atoms with Crippen molar-refractivity contribution in [2.45, 2.75) is 51.6 Å². The molecule has 1 saturated carbocycles. The average molecular weight is 265 g/mol. The summed E-state index contributed by atoms with van der Waals surface area (Å²) in [5.41, 5.74) is 2.65. The Balaban J connectivity index is 2.20. The van der Waals surface area contributed by atoms with Crippen LogP contribution in [0.15, 0.2) is 18.2 Å². The Bertz CT molecular complexity index is 494. The zero-order chi connectivity index (χ0) is 13.1.